The van der Waals surface area contributed by atoms with Gasteiger partial charge in [-0.2, -0.15) is 0 Å². The van der Waals surface area contributed by atoms with Gasteiger partial charge in [-0.25, -0.2) is 4.79 Å². The minimum atomic E-state index is -0.414. The molecule has 0 aliphatic carbocycles. The van der Waals surface area contributed by atoms with Gasteiger partial charge in [0.25, 0.3) is 11.8 Å². The topological polar surface area (TPSA) is 138 Å². The van der Waals surface area contributed by atoms with Crippen molar-refractivity contribution in [2.24, 2.45) is 0 Å². The number of methoxy groups -OCH3 is 1. The number of rotatable bonds is 26. The smallest absolute Gasteiger partial charge is 0.331 e. The molecule has 0 atom stereocenters. The van der Waals surface area contributed by atoms with E-state index in [0.29, 0.717) is 92.5 Å². The van der Waals surface area contributed by atoms with Crippen molar-refractivity contribution >= 4 is 17.8 Å². The van der Waals surface area contributed by atoms with Gasteiger partial charge < -0.3 is 42.6 Å². The Morgan fingerprint density at radius 3 is 1.19 bits per heavy atom. The fourth-order valence-corrected chi connectivity index (χ4v) is 2.56. The predicted octanol–water partition coefficient (Wildman–Crippen LogP) is -0.783. The van der Waals surface area contributed by atoms with E-state index >= 15 is 0 Å². The maximum absolute atomic E-state index is 11.4. The summed E-state index contributed by atoms with van der Waals surface area (Å²) in [5, 5.41) is 0. The van der Waals surface area contributed by atoms with Crippen LogP contribution in [-0.4, -0.2) is 142 Å². The van der Waals surface area contributed by atoms with Gasteiger partial charge in [0, 0.05) is 12.2 Å². The fraction of sp³-hybridized carbons (Fsp3) is 0.783. The molecule has 0 bridgehead atoms. The highest BCUT2D eigenvalue weighted by Crippen LogP contribution is 2.02. The van der Waals surface area contributed by atoms with Gasteiger partial charge in [0.1, 0.15) is 6.61 Å². The highest BCUT2D eigenvalue weighted by molar-refractivity contribution is 6.12. The van der Waals surface area contributed by atoms with Crippen LogP contribution in [0.25, 0.3) is 0 Å². The number of amides is 2. The SMILES string of the molecule is COC(=O)COCCOCCOCCOCCOCCOCCOCCOCCN1C(=O)C=CC1=O. The van der Waals surface area contributed by atoms with Gasteiger partial charge in [-0.05, 0) is 0 Å². The van der Waals surface area contributed by atoms with Crippen molar-refractivity contribution in [3.63, 3.8) is 0 Å². The largest absolute Gasteiger partial charge is 0.467 e. The second-order valence-electron chi connectivity index (χ2n) is 7.08. The maximum atomic E-state index is 11.4. The van der Waals surface area contributed by atoms with E-state index in [9.17, 15) is 14.4 Å². The second kappa shape index (κ2) is 23.4. The first-order valence-electron chi connectivity index (χ1n) is 11.9. The van der Waals surface area contributed by atoms with Crippen molar-refractivity contribution in [2.75, 3.05) is 119 Å². The van der Waals surface area contributed by atoms with Crippen molar-refractivity contribution in [3.05, 3.63) is 12.2 Å². The minimum absolute atomic E-state index is 0.0764. The molecular weight excluding hydrogens is 482 g/mol. The van der Waals surface area contributed by atoms with Gasteiger partial charge in [-0.1, -0.05) is 0 Å². The molecule has 208 valence electrons. The van der Waals surface area contributed by atoms with E-state index in [4.69, 9.17) is 37.9 Å². The summed E-state index contributed by atoms with van der Waals surface area (Å²) in [6.07, 6.45) is 2.50. The Hall–Kier alpha value is -1.97. The van der Waals surface area contributed by atoms with Crippen LogP contribution in [0.3, 0.4) is 0 Å². The second-order valence-corrected chi connectivity index (χ2v) is 7.08. The number of imide groups is 1. The zero-order chi connectivity index (χ0) is 26.1. The van der Waals surface area contributed by atoms with Crippen molar-refractivity contribution < 1.29 is 57.0 Å². The van der Waals surface area contributed by atoms with E-state index in [2.05, 4.69) is 4.74 Å². The molecule has 1 aliphatic rings. The van der Waals surface area contributed by atoms with Gasteiger partial charge in [-0.15, -0.1) is 0 Å². The fourth-order valence-electron chi connectivity index (χ4n) is 2.56. The van der Waals surface area contributed by atoms with Crippen molar-refractivity contribution in [1.29, 1.82) is 0 Å². The molecule has 0 aromatic rings. The average molecular weight is 522 g/mol. The van der Waals surface area contributed by atoms with E-state index in [-0.39, 0.29) is 31.6 Å². The Kier molecular flexibility index (Phi) is 20.9. The van der Waals surface area contributed by atoms with Gasteiger partial charge in [0.15, 0.2) is 0 Å². The molecule has 1 rings (SSSR count). The molecule has 0 aromatic heterocycles. The zero-order valence-corrected chi connectivity index (χ0v) is 21.0. The van der Waals surface area contributed by atoms with Crippen LogP contribution < -0.4 is 0 Å². The number of hydrogen-bond donors (Lipinski definition) is 0. The third kappa shape index (κ3) is 18.3. The summed E-state index contributed by atoms with van der Waals surface area (Å²) in [5.74, 6) is -1.03. The first kappa shape index (κ1) is 32.1. The maximum Gasteiger partial charge on any atom is 0.331 e. The van der Waals surface area contributed by atoms with Crippen LogP contribution >= 0.6 is 0 Å². The molecule has 0 saturated carbocycles. The number of ether oxygens (including phenoxy) is 9. The molecule has 0 spiro atoms. The number of carbonyl (C=O) groups is 3. The normalized spacial score (nSPS) is 13.2. The summed E-state index contributed by atoms with van der Waals surface area (Å²) >= 11 is 0. The van der Waals surface area contributed by atoms with Crippen LogP contribution in [0.1, 0.15) is 0 Å². The highest BCUT2D eigenvalue weighted by atomic mass is 16.6. The van der Waals surface area contributed by atoms with E-state index in [1.54, 1.807) is 0 Å². The molecule has 36 heavy (non-hydrogen) atoms. The van der Waals surface area contributed by atoms with Crippen LogP contribution in [0.15, 0.2) is 12.2 Å². The van der Waals surface area contributed by atoms with Crippen LogP contribution in [0.4, 0.5) is 0 Å². The highest BCUT2D eigenvalue weighted by Gasteiger charge is 2.22. The lowest BCUT2D eigenvalue weighted by atomic mass is 10.5. The van der Waals surface area contributed by atoms with E-state index < -0.39 is 5.97 Å². The van der Waals surface area contributed by atoms with E-state index in [0.717, 1.165) is 4.90 Å². The molecule has 0 unspecified atom stereocenters. The molecule has 13 nitrogen and oxygen atoms in total. The van der Waals surface area contributed by atoms with Gasteiger partial charge >= 0.3 is 5.97 Å². The van der Waals surface area contributed by atoms with E-state index in [1.165, 1.54) is 19.3 Å². The van der Waals surface area contributed by atoms with E-state index in [1.807, 2.05) is 0 Å². The summed E-state index contributed by atoms with van der Waals surface area (Å²) in [5.41, 5.74) is 0. The molecule has 1 heterocycles. The minimum Gasteiger partial charge on any atom is -0.467 e. The summed E-state index contributed by atoms with van der Waals surface area (Å²) in [7, 11) is 1.31. The first-order chi connectivity index (χ1) is 17.6. The number of hydrogen-bond acceptors (Lipinski definition) is 12. The van der Waals surface area contributed by atoms with Gasteiger partial charge in [0.05, 0.1) is 113 Å². The van der Waals surface area contributed by atoms with Crippen molar-refractivity contribution in [1.82, 2.24) is 4.90 Å². The number of carbonyl (C=O) groups excluding carboxylic acids is 3. The summed E-state index contributed by atoms with van der Waals surface area (Å²) < 4.78 is 47.1. The van der Waals surface area contributed by atoms with Crippen molar-refractivity contribution in [3.8, 4) is 0 Å². The lowest BCUT2D eigenvalue weighted by molar-refractivity contribution is -0.146. The number of nitrogens with zero attached hydrogens (tertiary/aromatic N) is 1. The quantitative estimate of drug-likeness (QED) is 0.0802. The Balaban J connectivity index is 1.66. The number of esters is 1. The Morgan fingerprint density at radius 2 is 0.861 bits per heavy atom. The Labute approximate surface area is 211 Å². The van der Waals surface area contributed by atoms with Crippen LogP contribution in [0.2, 0.25) is 0 Å². The lowest BCUT2D eigenvalue weighted by Crippen LogP contribution is -2.33. The molecule has 0 saturated heterocycles. The third-order valence-electron chi connectivity index (χ3n) is 4.41. The molecule has 0 N–H and O–H groups in total. The van der Waals surface area contributed by atoms with Crippen molar-refractivity contribution in [2.45, 2.75) is 0 Å². The molecular formula is C23H39NO12. The van der Waals surface area contributed by atoms with Crippen LogP contribution in [0.5, 0.6) is 0 Å². The van der Waals surface area contributed by atoms with Gasteiger partial charge in [0.2, 0.25) is 0 Å². The molecule has 13 heteroatoms. The monoisotopic (exact) mass is 521 g/mol. The summed E-state index contributed by atoms with van der Waals surface area (Å²) in [6.45, 7) is 6.49. The first-order valence-corrected chi connectivity index (χ1v) is 11.9. The third-order valence-corrected chi connectivity index (χ3v) is 4.41. The predicted molar refractivity (Wildman–Crippen MR) is 124 cm³/mol. The standard InChI is InChI=1S/C23H39NO12/c1-28-23(27)20-36-19-18-35-17-16-34-15-14-33-13-12-32-11-10-31-9-8-30-7-6-29-5-4-24-21(25)2-3-22(24)26/h2-3H,4-20H2,1H3. The lowest BCUT2D eigenvalue weighted by Gasteiger charge is -2.13. The molecule has 0 fully saturated rings. The molecule has 2 amide bonds. The average Bonchev–Trinajstić information content (AvgIpc) is 3.20. The molecule has 0 aromatic carbocycles. The van der Waals surface area contributed by atoms with Crippen LogP contribution in [0, 0.1) is 0 Å². The Morgan fingerprint density at radius 1 is 0.556 bits per heavy atom. The Bertz CT molecular complexity index is 598. The summed E-state index contributed by atoms with van der Waals surface area (Å²) in [6, 6.07) is 0. The molecule has 1 aliphatic heterocycles. The van der Waals surface area contributed by atoms with Gasteiger partial charge in [-0.3, -0.25) is 14.5 Å². The summed E-state index contributed by atoms with van der Waals surface area (Å²) in [4.78, 5) is 34.7. The van der Waals surface area contributed by atoms with Crippen LogP contribution in [-0.2, 0) is 57.0 Å². The zero-order valence-electron chi connectivity index (χ0n) is 21.0. The molecule has 0 radical (unpaired) electrons.